The van der Waals surface area contributed by atoms with Crippen LogP contribution >= 0.6 is 0 Å². The number of carboxylic acid groups (broad SMARTS) is 1. The summed E-state index contributed by atoms with van der Waals surface area (Å²) in [6, 6.07) is 14.7. The highest BCUT2D eigenvalue weighted by Gasteiger charge is 2.18. The van der Waals surface area contributed by atoms with E-state index in [1.165, 1.54) is 42.6 Å². The van der Waals surface area contributed by atoms with E-state index < -0.39 is 15.8 Å². The van der Waals surface area contributed by atoms with Gasteiger partial charge in [-0.05, 0) is 54.6 Å². The molecule has 1 aromatic heterocycles. The number of aromatic nitrogens is 1. The highest BCUT2D eigenvalue weighted by Crippen LogP contribution is 2.20. The zero-order chi connectivity index (χ0) is 19.4. The lowest BCUT2D eigenvalue weighted by molar-refractivity contribution is 0.0693. The summed E-state index contributed by atoms with van der Waals surface area (Å²) in [5.41, 5.74) is 0.730. The van der Waals surface area contributed by atoms with Gasteiger partial charge in [0.2, 0.25) is 9.84 Å². The molecule has 0 radical (unpaired) electrons. The maximum absolute atomic E-state index is 12.5. The molecule has 0 saturated heterocycles. The fraction of sp³-hybridized carbons (Fsp3) is 0. The number of carbonyl (C=O) groups is 1. The molecule has 7 heteroatoms. The Hall–Kier alpha value is -3.63. The number of pyridine rings is 1. The Morgan fingerprint density at radius 3 is 2.22 bits per heavy atom. The first-order valence-corrected chi connectivity index (χ1v) is 9.21. The number of nitrogens with zero attached hydrogens (tertiary/aromatic N) is 1. The minimum absolute atomic E-state index is 0.0332. The van der Waals surface area contributed by atoms with Crippen LogP contribution in [0.5, 0.6) is 5.75 Å². The van der Waals surface area contributed by atoms with Crippen LogP contribution in [-0.4, -0.2) is 29.6 Å². The minimum atomic E-state index is -3.70. The monoisotopic (exact) mass is 379 g/mol. The SMILES string of the molecule is O=C(O)c1cc(C#Cc2ccc(S(=O)(=O)c3ccccn3)cc2)ccc1O. The topological polar surface area (TPSA) is 105 Å². The summed E-state index contributed by atoms with van der Waals surface area (Å²) in [5, 5.41) is 18.5. The second kappa shape index (κ2) is 7.32. The van der Waals surface area contributed by atoms with Crippen LogP contribution in [0.4, 0.5) is 0 Å². The molecule has 0 bridgehead atoms. The van der Waals surface area contributed by atoms with E-state index in [0.29, 0.717) is 11.1 Å². The molecule has 0 unspecified atom stereocenters. The van der Waals surface area contributed by atoms with Crippen molar-refractivity contribution in [1.29, 1.82) is 0 Å². The van der Waals surface area contributed by atoms with E-state index in [-0.39, 0.29) is 21.2 Å². The molecular formula is C20H13NO5S. The van der Waals surface area contributed by atoms with Crippen molar-refractivity contribution in [2.75, 3.05) is 0 Å². The van der Waals surface area contributed by atoms with E-state index in [2.05, 4.69) is 16.8 Å². The first-order chi connectivity index (χ1) is 12.9. The molecule has 0 amide bonds. The van der Waals surface area contributed by atoms with Crippen LogP contribution < -0.4 is 0 Å². The Morgan fingerprint density at radius 1 is 0.926 bits per heavy atom. The zero-order valence-electron chi connectivity index (χ0n) is 13.8. The van der Waals surface area contributed by atoms with Gasteiger partial charge in [0.05, 0.1) is 4.90 Å². The van der Waals surface area contributed by atoms with Crippen molar-refractivity contribution < 1.29 is 23.4 Å². The number of benzene rings is 2. The predicted molar refractivity (Wildman–Crippen MR) is 97.2 cm³/mol. The molecule has 3 rings (SSSR count). The maximum Gasteiger partial charge on any atom is 0.339 e. The Labute approximate surface area is 155 Å². The number of phenols is 1. The lowest BCUT2D eigenvalue weighted by atomic mass is 10.1. The Balaban J connectivity index is 1.87. The number of hydrogen-bond donors (Lipinski definition) is 2. The number of sulfone groups is 1. The molecule has 6 nitrogen and oxygen atoms in total. The Kier molecular flexibility index (Phi) is 4.92. The second-order valence-corrected chi connectivity index (χ2v) is 7.38. The van der Waals surface area contributed by atoms with E-state index in [1.807, 2.05) is 0 Å². The average Bonchev–Trinajstić information content (AvgIpc) is 2.68. The van der Waals surface area contributed by atoms with Crippen molar-refractivity contribution in [2.24, 2.45) is 0 Å². The third-order valence-corrected chi connectivity index (χ3v) is 5.34. The number of aromatic hydroxyl groups is 1. The van der Waals surface area contributed by atoms with Crippen molar-refractivity contribution in [1.82, 2.24) is 4.98 Å². The van der Waals surface area contributed by atoms with Crippen molar-refractivity contribution in [3.05, 3.63) is 83.6 Å². The van der Waals surface area contributed by atoms with Gasteiger partial charge in [-0.1, -0.05) is 17.9 Å². The Morgan fingerprint density at radius 2 is 1.59 bits per heavy atom. The van der Waals surface area contributed by atoms with Crippen molar-refractivity contribution in [2.45, 2.75) is 9.92 Å². The standard InChI is InChI=1S/C20H13NO5S/c22-18-11-8-15(13-17(18)20(23)24)5-4-14-6-9-16(10-7-14)27(25,26)19-3-1-2-12-21-19/h1-3,6-13,22H,(H,23,24). The van der Waals surface area contributed by atoms with Gasteiger partial charge in [0.1, 0.15) is 11.3 Å². The highest BCUT2D eigenvalue weighted by atomic mass is 32.2. The molecule has 134 valence electrons. The molecular weight excluding hydrogens is 366 g/mol. The summed E-state index contributed by atoms with van der Waals surface area (Å²) in [6.45, 7) is 0. The van der Waals surface area contributed by atoms with Crippen molar-refractivity contribution in [3.63, 3.8) is 0 Å². The van der Waals surface area contributed by atoms with E-state index in [1.54, 1.807) is 24.3 Å². The van der Waals surface area contributed by atoms with E-state index in [9.17, 15) is 18.3 Å². The molecule has 1 heterocycles. The highest BCUT2D eigenvalue weighted by molar-refractivity contribution is 7.91. The average molecular weight is 379 g/mol. The molecule has 2 N–H and O–H groups in total. The minimum Gasteiger partial charge on any atom is -0.507 e. The molecule has 3 aromatic rings. The molecule has 0 aliphatic carbocycles. The molecule has 0 saturated carbocycles. The number of carboxylic acids is 1. The van der Waals surface area contributed by atoms with Crippen LogP contribution in [0.2, 0.25) is 0 Å². The molecule has 0 aliphatic rings. The quantitative estimate of drug-likeness (QED) is 0.678. The summed E-state index contributed by atoms with van der Waals surface area (Å²) >= 11 is 0. The van der Waals surface area contributed by atoms with Crippen LogP contribution in [0, 0.1) is 11.8 Å². The summed E-state index contributed by atoms with van der Waals surface area (Å²) < 4.78 is 25.0. The molecule has 0 atom stereocenters. The molecule has 0 fully saturated rings. The van der Waals surface area contributed by atoms with E-state index in [0.717, 1.165) is 0 Å². The second-order valence-electron chi connectivity index (χ2n) is 5.48. The summed E-state index contributed by atoms with van der Waals surface area (Å²) in [6.07, 6.45) is 1.41. The van der Waals surface area contributed by atoms with E-state index in [4.69, 9.17) is 5.11 Å². The van der Waals surface area contributed by atoms with Gasteiger partial charge < -0.3 is 10.2 Å². The van der Waals surface area contributed by atoms with Crippen LogP contribution in [-0.2, 0) is 9.84 Å². The fourth-order valence-electron chi connectivity index (χ4n) is 2.27. The van der Waals surface area contributed by atoms with Crippen LogP contribution in [0.3, 0.4) is 0 Å². The van der Waals surface area contributed by atoms with E-state index >= 15 is 0 Å². The zero-order valence-corrected chi connectivity index (χ0v) is 14.6. The van der Waals surface area contributed by atoms with Gasteiger partial charge in [0, 0.05) is 17.3 Å². The number of aromatic carboxylic acids is 1. The van der Waals surface area contributed by atoms with Crippen LogP contribution in [0.15, 0.2) is 76.8 Å². The van der Waals surface area contributed by atoms with Gasteiger partial charge in [-0.2, -0.15) is 0 Å². The van der Waals surface area contributed by atoms with Gasteiger partial charge in [0.25, 0.3) is 0 Å². The molecule has 2 aromatic carbocycles. The van der Waals surface area contributed by atoms with Crippen LogP contribution in [0.25, 0.3) is 0 Å². The molecule has 27 heavy (non-hydrogen) atoms. The van der Waals surface area contributed by atoms with Crippen molar-refractivity contribution >= 4 is 15.8 Å². The van der Waals surface area contributed by atoms with Gasteiger partial charge in [0.15, 0.2) is 5.03 Å². The van der Waals surface area contributed by atoms with Gasteiger partial charge in [-0.25, -0.2) is 18.2 Å². The summed E-state index contributed by atoms with van der Waals surface area (Å²) in [5.74, 6) is 4.03. The molecule has 0 aliphatic heterocycles. The van der Waals surface area contributed by atoms with Gasteiger partial charge >= 0.3 is 5.97 Å². The van der Waals surface area contributed by atoms with Gasteiger partial charge in [-0.15, -0.1) is 0 Å². The first kappa shape index (κ1) is 18.2. The Bertz CT molecular complexity index is 1160. The summed E-state index contributed by atoms with van der Waals surface area (Å²) in [7, 11) is -3.70. The number of hydrogen-bond acceptors (Lipinski definition) is 5. The molecule has 0 spiro atoms. The summed E-state index contributed by atoms with van der Waals surface area (Å²) in [4.78, 5) is 15.0. The smallest absolute Gasteiger partial charge is 0.339 e. The third-order valence-electron chi connectivity index (χ3n) is 3.66. The van der Waals surface area contributed by atoms with Crippen molar-refractivity contribution in [3.8, 4) is 17.6 Å². The van der Waals surface area contributed by atoms with Gasteiger partial charge in [-0.3, -0.25) is 0 Å². The first-order valence-electron chi connectivity index (χ1n) is 7.72. The maximum atomic E-state index is 12.5. The lowest BCUT2D eigenvalue weighted by Crippen LogP contribution is -2.03. The third kappa shape index (κ3) is 3.97. The largest absolute Gasteiger partial charge is 0.507 e. The lowest BCUT2D eigenvalue weighted by Gasteiger charge is -2.03. The normalized spacial score (nSPS) is 10.7. The number of rotatable bonds is 3. The fourth-order valence-corrected chi connectivity index (χ4v) is 3.47. The predicted octanol–water partition coefficient (Wildman–Crippen LogP) is 2.72. The van der Waals surface area contributed by atoms with Crippen LogP contribution in [0.1, 0.15) is 21.5 Å².